The molecule has 208 valence electrons. The topological polar surface area (TPSA) is 95.1 Å². The molecular formula is C32H38N6O2. The summed E-state index contributed by atoms with van der Waals surface area (Å²) < 4.78 is 2.22. The van der Waals surface area contributed by atoms with E-state index in [0.29, 0.717) is 23.0 Å². The molecular weight excluding hydrogens is 500 g/mol. The summed E-state index contributed by atoms with van der Waals surface area (Å²) in [6, 6.07) is 10.5. The van der Waals surface area contributed by atoms with Crippen LogP contribution in [0.3, 0.4) is 0 Å². The second-order valence-corrected chi connectivity index (χ2v) is 11.8. The fourth-order valence-corrected chi connectivity index (χ4v) is 6.51. The molecule has 0 bridgehead atoms. The molecule has 1 amide bonds. The lowest BCUT2D eigenvalue weighted by atomic mass is 9.98. The molecule has 2 atom stereocenters. The fourth-order valence-electron chi connectivity index (χ4n) is 6.51. The van der Waals surface area contributed by atoms with Crippen molar-refractivity contribution in [1.29, 1.82) is 0 Å². The maximum absolute atomic E-state index is 13.7. The van der Waals surface area contributed by atoms with Gasteiger partial charge in [-0.05, 0) is 93.5 Å². The molecule has 2 fully saturated rings. The number of pyridine rings is 2. The molecule has 2 unspecified atom stereocenters. The number of hydrogen-bond acceptors (Lipinski definition) is 5. The Kier molecular flexibility index (Phi) is 6.74. The summed E-state index contributed by atoms with van der Waals surface area (Å²) in [5.41, 5.74) is 6.68. The van der Waals surface area contributed by atoms with Crippen molar-refractivity contribution < 1.29 is 4.79 Å². The van der Waals surface area contributed by atoms with Crippen molar-refractivity contribution in [2.75, 3.05) is 31.1 Å². The first-order valence-electron chi connectivity index (χ1n) is 14.2. The molecule has 5 heterocycles. The van der Waals surface area contributed by atoms with Crippen molar-refractivity contribution in [3.05, 3.63) is 81.0 Å². The van der Waals surface area contributed by atoms with Crippen LogP contribution in [0, 0.1) is 32.6 Å². The third kappa shape index (κ3) is 4.70. The van der Waals surface area contributed by atoms with Gasteiger partial charge in [0.1, 0.15) is 5.82 Å². The molecule has 0 spiro atoms. The van der Waals surface area contributed by atoms with Crippen LogP contribution in [0.4, 0.5) is 5.82 Å². The van der Waals surface area contributed by atoms with E-state index in [4.69, 9.17) is 4.98 Å². The Morgan fingerprint density at radius 2 is 1.80 bits per heavy atom. The predicted molar refractivity (Wildman–Crippen MR) is 160 cm³/mol. The number of amides is 1. The summed E-state index contributed by atoms with van der Waals surface area (Å²) in [7, 11) is 0. The molecule has 0 radical (unpaired) electrons. The van der Waals surface area contributed by atoms with E-state index in [-0.39, 0.29) is 24.1 Å². The van der Waals surface area contributed by atoms with E-state index >= 15 is 0 Å². The maximum atomic E-state index is 13.7. The monoisotopic (exact) mass is 538 g/mol. The number of rotatable bonds is 6. The van der Waals surface area contributed by atoms with E-state index < -0.39 is 0 Å². The quantitative estimate of drug-likeness (QED) is 0.336. The SMILES string of the molecule is Cc1cc(C)c(CNC(=O)c2cc(-c3ccc(N4CC5CNCC5C4)nc3)cc3c2c(C)cn3C(C)C)c(=O)[nH]1. The summed E-state index contributed by atoms with van der Waals surface area (Å²) in [5, 5.41) is 7.46. The van der Waals surface area contributed by atoms with E-state index in [0.717, 1.165) is 70.8 Å². The van der Waals surface area contributed by atoms with Gasteiger partial charge in [0, 0.05) is 84.4 Å². The van der Waals surface area contributed by atoms with Crippen LogP contribution in [-0.4, -0.2) is 46.6 Å². The molecule has 2 saturated heterocycles. The number of aromatic nitrogens is 3. The summed E-state index contributed by atoms with van der Waals surface area (Å²) in [5.74, 6) is 2.22. The molecule has 2 aliphatic heterocycles. The molecule has 3 aromatic heterocycles. The highest BCUT2D eigenvalue weighted by molar-refractivity contribution is 6.09. The van der Waals surface area contributed by atoms with E-state index in [1.54, 1.807) is 0 Å². The average molecular weight is 539 g/mol. The Bertz CT molecular complexity index is 1640. The first kappa shape index (κ1) is 26.3. The zero-order chi connectivity index (χ0) is 28.1. The Morgan fingerprint density at radius 1 is 1.05 bits per heavy atom. The van der Waals surface area contributed by atoms with Gasteiger partial charge in [0.15, 0.2) is 0 Å². The second kappa shape index (κ2) is 10.2. The van der Waals surface area contributed by atoms with Crippen LogP contribution >= 0.6 is 0 Å². The standard InChI is InChI=1S/C32H38N6O2/c1-18(2)38-15-20(4)30-26(31(39)35-14-27-19(3)8-21(5)36-32(27)40)9-23(10-28(30)38)22-6-7-29(34-13-22)37-16-24-11-33-12-25(24)17-37/h6-10,13,15,18,24-25,33H,11-12,14,16-17H2,1-5H3,(H,35,39)(H,36,40). The number of aromatic amines is 1. The van der Waals surface area contributed by atoms with Crippen LogP contribution in [0.25, 0.3) is 22.0 Å². The highest BCUT2D eigenvalue weighted by Crippen LogP contribution is 2.34. The van der Waals surface area contributed by atoms with Crippen molar-refractivity contribution in [3.63, 3.8) is 0 Å². The minimum atomic E-state index is -0.197. The van der Waals surface area contributed by atoms with Crippen molar-refractivity contribution in [2.45, 2.75) is 47.2 Å². The minimum absolute atomic E-state index is 0.164. The van der Waals surface area contributed by atoms with Gasteiger partial charge in [0.25, 0.3) is 11.5 Å². The molecule has 40 heavy (non-hydrogen) atoms. The summed E-state index contributed by atoms with van der Waals surface area (Å²) in [6.07, 6.45) is 4.04. The number of carbonyl (C=O) groups excluding carboxylic acids is 1. The molecule has 8 nitrogen and oxygen atoms in total. The van der Waals surface area contributed by atoms with Crippen molar-refractivity contribution >= 4 is 22.6 Å². The number of anilines is 1. The molecule has 8 heteroatoms. The molecule has 0 aliphatic carbocycles. The van der Waals surface area contributed by atoms with E-state index in [1.807, 2.05) is 39.1 Å². The summed E-state index contributed by atoms with van der Waals surface area (Å²) >= 11 is 0. The normalized spacial score (nSPS) is 18.6. The third-order valence-electron chi connectivity index (χ3n) is 8.64. The Balaban J connectivity index is 1.34. The maximum Gasteiger partial charge on any atom is 0.253 e. The van der Waals surface area contributed by atoms with Crippen LogP contribution in [0.1, 0.15) is 52.6 Å². The minimum Gasteiger partial charge on any atom is -0.356 e. The van der Waals surface area contributed by atoms with Crippen LogP contribution in [0.5, 0.6) is 0 Å². The number of benzene rings is 1. The fraction of sp³-hybridized carbons (Fsp3) is 0.406. The van der Waals surface area contributed by atoms with Crippen LogP contribution in [0.15, 0.2) is 47.5 Å². The average Bonchev–Trinajstić information content (AvgIpc) is 3.61. The van der Waals surface area contributed by atoms with Crippen molar-refractivity contribution in [3.8, 4) is 11.1 Å². The number of fused-ring (bicyclic) bond motifs is 2. The van der Waals surface area contributed by atoms with Crippen LogP contribution in [0.2, 0.25) is 0 Å². The lowest BCUT2D eigenvalue weighted by Gasteiger charge is -2.19. The summed E-state index contributed by atoms with van der Waals surface area (Å²) in [4.78, 5) is 36.3. The first-order valence-corrected chi connectivity index (χ1v) is 14.2. The van der Waals surface area contributed by atoms with Gasteiger partial charge in [-0.2, -0.15) is 0 Å². The summed E-state index contributed by atoms with van der Waals surface area (Å²) in [6.45, 7) is 14.5. The Labute approximate surface area is 234 Å². The van der Waals surface area contributed by atoms with Crippen molar-refractivity contribution in [1.82, 2.24) is 25.2 Å². The number of carbonyl (C=O) groups is 1. The van der Waals surface area contributed by atoms with E-state index in [1.165, 1.54) is 0 Å². The number of H-pyrrole nitrogens is 1. The van der Waals surface area contributed by atoms with E-state index in [2.05, 4.69) is 63.3 Å². The van der Waals surface area contributed by atoms with Gasteiger partial charge < -0.3 is 25.1 Å². The Hall–Kier alpha value is -3.91. The number of hydrogen-bond donors (Lipinski definition) is 3. The molecule has 2 aliphatic rings. The highest BCUT2D eigenvalue weighted by Gasteiger charge is 2.36. The molecule has 4 aromatic rings. The number of aryl methyl sites for hydroxylation is 3. The molecule has 1 aromatic carbocycles. The van der Waals surface area contributed by atoms with Gasteiger partial charge in [-0.15, -0.1) is 0 Å². The highest BCUT2D eigenvalue weighted by atomic mass is 16.1. The Morgan fingerprint density at radius 3 is 2.45 bits per heavy atom. The largest absolute Gasteiger partial charge is 0.356 e. The van der Waals surface area contributed by atoms with Crippen LogP contribution in [-0.2, 0) is 6.54 Å². The zero-order valence-corrected chi connectivity index (χ0v) is 24.0. The first-order chi connectivity index (χ1) is 19.2. The third-order valence-corrected chi connectivity index (χ3v) is 8.64. The predicted octanol–water partition coefficient (Wildman–Crippen LogP) is 4.48. The van der Waals surface area contributed by atoms with Crippen LogP contribution < -0.4 is 21.1 Å². The molecule has 0 saturated carbocycles. The van der Waals surface area contributed by atoms with Gasteiger partial charge >= 0.3 is 0 Å². The number of nitrogens with zero attached hydrogens (tertiary/aromatic N) is 3. The van der Waals surface area contributed by atoms with Gasteiger partial charge in [-0.3, -0.25) is 9.59 Å². The lowest BCUT2D eigenvalue weighted by molar-refractivity contribution is 0.0952. The van der Waals surface area contributed by atoms with Gasteiger partial charge in [0.2, 0.25) is 0 Å². The zero-order valence-electron chi connectivity index (χ0n) is 24.0. The number of nitrogens with one attached hydrogen (secondary N) is 3. The van der Waals surface area contributed by atoms with Gasteiger partial charge in [0.05, 0.1) is 0 Å². The van der Waals surface area contributed by atoms with E-state index in [9.17, 15) is 9.59 Å². The smallest absolute Gasteiger partial charge is 0.253 e. The van der Waals surface area contributed by atoms with Gasteiger partial charge in [-0.1, -0.05) is 0 Å². The second-order valence-electron chi connectivity index (χ2n) is 11.8. The molecule has 3 N–H and O–H groups in total. The lowest BCUT2D eigenvalue weighted by Crippen LogP contribution is -2.28. The van der Waals surface area contributed by atoms with Crippen molar-refractivity contribution in [2.24, 2.45) is 11.8 Å². The molecule has 6 rings (SSSR count). The van der Waals surface area contributed by atoms with Gasteiger partial charge in [-0.25, -0.2) is 4.98 Å².